The van der Waals surface area contributed by atoms with Crippen molar-refractivity contribution in [2.24, 2.45) is 0 Å². The summed E-state index contributed by atoms with van der Waals surface area (Å²) in [5.74, 6) is 0. The average molecular weight is 427 g/mol. The summed E-state index contributed by atoms with van der Waals surface area (Å²) >= 11 is 4.79. The Morgan fingerprint density at radius 3 is 1.50 bits per heavy atom. The molecule has 0 rings (SSSR count). The van der Waals surface area contributed by atoms with E-state index in [1.54, 1.807) is 8.87 Å². The predicted octanol–water partition coefficient (Wildman–Crippen LogP) is 2.49. The monoisotopic (exact) mass is 428 g/mol. The molecule has 0 saturated heterocycles. The van der Waals surface area contributed by atoms with Gasteiger partial charge in [0.25, 0.3) is 0 Å². The Kier molecular flexibility index (Phi) is 31.9. The van der Waals surface area contributed by atoms with Gasteiger partial charge in [0, 0.05) is 6.38 Å². The molecule has 0 aliphatic heterocycles. The van der Waals surface area contributed by atoms with E-state index in [9.17, 15) is 18.9 Å². The fourth-order valence-electron chi connectivity index (χ4n) is 0.797. The predicted molar refractivity (Wildman–Crippen MR) is 76.0 cm³/mol. The fourth-order valence-corrected chi connectivity index (χ4v) is 5.50. The zero-order valence-corrected chi connectivity index (χ0v) is 16.8. The zero-order valence-electron chi connectivity index (χ0n) is 11.2. The quantitative estimate of drug-likeness (QED) is 0.257. The summed E-state index contributed by atoms with van der Waals surface area (Å²) in [7, 11) is -7.03. The molecule has 0 radical (unpaired) electrons. The van der Waals surface area contributed by atoms with Crippen LogP contribution in [-0.2, 0) is 13.4 Å². The van der Waals surface area contributed by atoms with Gasteiger partial charge in [0.05, 0.1) is 0 Å². The van der Waals surface area contributed by atoms with Crippen molar-refractivity contribution < 1.29 is 23.2 Å². The molecule has 2 unspecified atom stereocenters. The van der Waals surface area contributed by atoms with Crippen LogP contribution in [0.4, 0.5) is 0 Å². The van der Waals surface area contributed by atoms with Crippen LogP contribution in [0.1, 0.15) is 39.5 Å². The van der Waals surface area contributed by atoms with Crippen LogP contribution in [0.5, 0.6) is 0 Å². The van der Waals surface area contributed by atoms with Crippen LogP contribution in [0.2, 0.25) is 8.87 Å². The standard InChI is InChI=1S/2C4H9.CH3Cl.H4O5P2.Sn/c2*1-3-4-2;1-2;1-6(2)5-7(3)4;/h2*1,3-4H2,2H3;1H3;6-7H,(H,1,2)(H,3,4);/q;;;;+2/p-2. The van der Waals surface area contributed by atoms with E-state index in [0.717, 1.165) is 0 Å². The maximum absolute atomic E-state index is 9.29. The molecule has 2 atom stereocenters. The summed E-state index contributed by atoms with van der Waals surface area (Å²) in [5, 5.41) is 0. The number of hydrogen-bond acceptors (Lipinski definition) is 5. The molecule has 0 aromatic carbocycles. The second-order valence-electron chi connectivity index (χ2n) is 3.06. The smallest absolute Gasteiger partial charge is 0.128 e. The first-order valence-electron chi connectivity index (χ1n) is 5.72. The Morgan fingerprint density at radius 2 is 1.33 bits per heavy atom. The van der Waals surface area contributed by atoms with Crippen LogP contribution in [0, 0.1) is 0 Å². The molecule has 5 nitrogen and oxygen atoms in total. The molecule has 0 heterocycles. The van der Waals surface area contributed by atoms with Crippen molar-refractivity contribution in [3.05, 3.63) is 0 Å². The van der Waals surface area contributed by atoms with Gasteiger partial charge in [-0.1, -0.05) is 0 Å². The van der Waals surface area contributed by atoms with Crippen molar-refractivity contribution in [3.63, 3.8) is 0 Å². The third kappa shape index (κ3) is 36.0. The Balaban J connectivity index is -0.000000225. The first kappa shape index (κ1) is 24.4. The number of halogens is 1. The summed E-state index contributed by atoms with van der Waals surface area (Å²) < 4.78 is 25.1. The summed E-state index contributed by atoms with van der Waals surface area (Å²) in [6.45, 7) is 4.58. The molecule has 0 spiro atoms. The van der Waals surface area contributed by atoms with Gasteiger partial charge < -0.3 is 18.9 Å². The SMILES string of the molecule is CCC[CH2][Sn+2][CH2]CCC.CCl.O=[PH]([O-])O[PH](=O)[O-]. The summed E-state index contributed by atoms with van der Waals surface area (Å²) in [6.07, 6.45) is 7.31. The van der Waals surface area contributed by atoms with E-state index in [1.807, 2.05) is 0 Å². The molecule has 18 heavy (non-hydrogen) atoms. The molecule has 0 N–H and O–H groups in total. The van der Waals surface area contributed by atoms with E-state index in [2.05, 4.69) is 29.8 Å². The van der Waals surface area contributed by atoms with Crippen LogP contribution in [0.15, 0.2) is 0 Å². The fraction of sp³-hybridized carbons (Fsp3) is 1.00. The Hall–Kier alpha value is 1.43. The zero-order chi connectivity index (χ0) is 14.8. The van der Waals surface area contributed by atoms with E-state index < -0.39 is 16.5 Å². The van der Waals surface area contributed by atoms with Crippen molar-refractivity contribution in [1.82, 2.24) is 0 Å². The van der Waals surface area contributed by atoms with E-state index in [4.69, 9.17) is 0 Å². The van der Waals surface area contributed by atoms with Crippen LogP contribution in [-0.4, -0.2) is 27.5 Å². The molecule has 0 fully saturated rings. The Labute approximate surface area is 127 Å². The molecule has 0 bridgehead atoms. The molecule has 0 aliphatic rings. The molecule has 0 aliphatic carbocycles. The van der Waals surface area contributed by atoms with Gasteiger partial charge in [-0.15, -0.1) is 11.6 Å². The third-order valence-electron chi connectivity index (χ3n) is 1.58. The van der Waals surface area contributed by atoms with Crippen molar-refractivity contribution in [1.29, 1.82) is 0 Å². The normalized spacial score (nSPS) is 12.1. The first-order chi connectivity index (χ1) is 8.54. The number of alkyl halides is 1. The van der Waals surface area contributed by atoms with Gasteiger partial charge in [-0.25, -0.2) is 0 Å². The summed E-state index contributed by atoms with van der Waals surface area (Å²) in [4.78, 5) is 18.6. The van der Waals surface area contributed by atoms with Gasteiger partial charge in [0.1, 0.15) is 16.5 Å². The van der Waals surface area contributed by atoms with Gasteiger partial charge in [-0.05, 0) is 0 Å². The topological polar surface area (TPSA) is 89.5 Å². The first-order valence-corrected chi connectivity index (χ1v) is 13.0. The number of rotatable bonds is 8. The van der Waals surface area contributed by atoms with E-state index in [-0.39, 0.29) is 21.1 Å². The van der Waals surface area contributed by atoms with Crippen molar-refractivity contribution in [3.8, 4) is 0 Å². The number of unbranched alkanes of at least 4 members (excludes halogenated alkanes) is 2. The molecule has 9 heteroatoms. The molecule has 0 aromatic rings. The molecular weight excluding hydrogens is 404 g/mol. The maximum atomic E-state index is 9.29. The van der Waals surface area contributed by atoms with Gasteiger partial charge in [-0.3, -0.25) is 4.31 Å². The largest absolute Gasteiger partial charge is 0.781 e. The van der Waals surface area contributed by atoms with E-state index in [0.29, 0.717) is 0 Å². The van der Waals surface area contributed by atoms with Gasteiger partial charge in [0.15, 0.2) is 0 Å². The van der Waals surface area contributed by atoms with Crippen molar-refractivity contribution >= 4 is 49.3 Å². The van der Waals surface area contributed by atoms with Crippen molar-refractivity contribution in [2.45, 2.75) is 48.4 Å². The van der Waals surface area contributed by atoms with Crippen LogP contribution >= 0.6 is 28.1 Å². The average Bonchev–Trinajstić information content (AvgIpc) is 2.31. The van der Waals surface area contributed by atoms with Crippen LogP contribution in [0.25, 0.3) is 0 Å². The van der Waals surface area contributed by atoms with Crippen molar-refractivity contribution in [2.75, 3.05) is 6.38 Å². The Morgan fingerprint density at radius 1 is 1.00 bits per heavy atom. The minimum atomic E-state index is -3.51. The molecule has 110 valence electrons. The minimum Gasteiger partial charge on any atom is -0.781 e. The third-order valence-corrected chi connectivity index (χ3v) is 6.95. The molecule has 0 amide bonds. The maximum Gasteiger partial charge on any atom is 0.128 e. The van der Waals surface area contributed by atoms with Gasteiger partial charge in [0.2, 0.25) is 0 Å². The Bertz CT molecular complexity index is 180. The molecule has 0 saturated carbocycles. The van der Waals surface area contributed by atoms with Gasteiger partial charge in [-0.2, -0.15) is 0 Å². The molecular formula is C9H23ClO5P2Sn. The minimum absolute atomic E-state index is 0.149. The second kappa shape index (κ2) is 23.5. The van der Waals surface area contributed by atoms with Gasteiger partial charge >= 0.3 is 69.5 Å². The van der Waals surface area contributed by atoms with E-state index in [1.165, 1.54) is 32.1 Å². The van der Waals surface area contributed by atoms with Crippen LogP contribution < -0.4 is 9.79 Å². The summed E-state index contributed by atoms with van der Waals surface area (Å²) in [6, 6.07) is 0. The molecule has 0 aromatic heterocycles. The summed E-state index contributed by atoms with van der Waals surface area (Å²) in [5.41, 5.74) is 0. The van der Waals surface area contributed by atoms with E-state index >= 15 is 0 Å². The number of hydrogen-bond donors (Lipinski definition) is 0. The second-order valence-corrected chi connectivity index (χ2v) is 9.16. The van der Waals surface area contributed by atoms with Crippen LogP contribution in [0.3, 0.4) is 0 Å².